The molecule has 0 saturated carbocycles. The monoisotopic (exact) mass is 285 g/mol. The first-order valence-electron chi connectivity index (χ1n) is 7.09. The number of hydrogen-bond acceptors (Lipinski definition) is 4. The van der Waals surface area contributed by atoms with Crippen LogP contribution in [-0.2, 0) is 4.79 Å². The van der Waals surface area contributed by atoms with Gasteiger partial charge in [0.05, 0.1) is 10.3 Å². The fraction of sp³-hybridized carbons (Fsp3) is 0.786. The molecule has 0 fully saturated rings. The molecule has 110 valence electrons. The number of nitrogens with zero attached hydrogens (tertiary/aromatic N) is 1. The summed E-state index contributed by atoms with van der Waals surface area (Å²) in [6.07, 6.45) is 5.23. The number of nitrogens with two attached hydrogens (primary N) is 2. The van der Waals surface area contributed by atoms with Crippen LogP contribution in [0, 0.1) is 5.92 Å². The van der Waals surface area contributed by atoms with Crippen LogP contribution in [0.4, 0.5) is 0 Å². The Morgan fingerprint density at radius 1 is 1.37 bits per heavy atom. The van der Waals surface area contributed by atoms with Crippen LogP contribution in [0.3, 0.4) is 0 Å². The molecule has 4 nitrogen and oxygen atoms in total. The number of rotatable bonds is 8. The van der Waals surface area contributed by atoms with Crippen LogP contribution in [0.5, 0.6) is 0 Å². The molecule has 0 saturated heterocycles. The average Bonchev–Trinajstić information content (AvgIpc) is 2.62. The van der Waals surface area contributed by atoms with Gasteiger partial charge in [-0.3, -0.25) is 4.79 Å². The lowest BCUT2D eigenvalue weighted by Gasteiger charge is -2.25. The van der Waals surface area contributed by atoms with Crippen LogP contribution >= 0.6 is 11.8 Å². The first-order chi connectivity index (χ1) is 8.97. The van der Waals surface area contributed by atoms with Crippen LogP contribution < -0.4 is 11.5 Å². The summed E-state index contributed by atoms with van der Waals surface area (Å²) in [5.74, 6) is 0.336. The smallest absolute Gasteiger partial charge is 0.256 e. The first-order valence-corrected chi connectivity index (χ1v) is 7.97. The minimum atomic E-state index is -0.281. The molecule has 1 atom stereocenters. The van der Waals surface area contributed by atoms with E-state index in [9.17, 15) is 4.79 Å². The average molecular weight is 285 g/mol. The molecule has 0 aromatic rings. The zero-order valence-corrected chi connectivity index (χ0v) is 13.1. The van der Waals surface area contributed by atoms with Gasteiger partial charge in [-0.25, -0.2) is 0 Å². The predicted octanol–water partition coefficient (Wildman–Crippen LogP) is 2.25. The second-order valence-corrected chi connectivity index (χ2v) is 6.74. The number of carbonyl (C=O) groups is 1. The third kappa shape index (κ3) is 4.73. The molecule has 1 rings (SSSR count). The molecule has 0 aromatic heterocycles. The van der Waals surface area contributed by atoms with Gasteiger partial charge in [0, 0.05) is 12.7 Å². The molecule has 1 unspecified atom stereocenters. The van der Waals surface area contributed by atoms with E-state index in [0.717, 1.165) is 49.3 Å². The van der Waals surface area contributed by atoms with Crippen molar-refractivity contribution in [3.8, 4) is 0 Å². The van der Waals surface area contributed by atoms with Crippen molar-refractivity contribution in [1.82, 2.24) is 4.90 Å². The van der Waals surface area contributed by atoms with Crippen LogP contribution in [0.25, 0.3) is 0 Å². The van der Waals surface area contributed by atoms with E-state index in [0.29, 0.717) is 11.3 Å². The summed E-state index contributed by atoms with van der Waals surface area (Å²) in [5, 5.41) is 0.354. The molecular weight excluding hydrogens is 258 g/mol. The van der Waals surface area contributed by atoms with E-state index in [2.05, 4.69) is 25.8 Å². The normalized spacial score (nSPS) is 19.6. The lowest BCUT2D eigenvalue weighted by atomic mass is 10.1. The van der Waals surface area contributed by atoms with Crippen molar-refractivity contribution < 1.29 is 4.79 Å². The molecular formula is C14H27N3OS. The molecule has 0 aromatic carbocycles. The largest absolute Gasteiger partial charge is 0.365 e. The van der Waals surface area contributed by atoms with Gasteiger partial charge in [0.25, 0.3) is 5.91 Å². The zero-order valence-electron chi connectivity index (χ0n) is 12.3. The summed E-state index contributed by atoms with van der Waals surface area (Å²) in [7, 11) is 2.08. The van der Waals surface area contributed by atoms with Crippen LogP contribution in [0.2, 0.25) is 0 Å². The first kappa shape index (κ1) is 16.4. The Hall–Kier alpha value is -0.680. The highest BCUT2D eigenvalue weighted by Gasteiger charge is 2.32. The number of primary amides is 1. The van der Waals surface area contributed by atoms with Crippen molar-refractivity contribution in [3.63, 3.8) is 0 Å². The molecule has 5 heteroatoms. The molecule has 1 aliphatic heterocycles. The van der Waals surface area contributed by atoms with Gasteiger partial charge in [-0.2, -0.15) is 0 Å². The van der Waals surface area contributed by atoms with Gasteiger partial charge >= 0.3 is 0 Å². The van der Waals surface area contributed by atoms with Crippen molar-refractivity contribution in [2.75, 3.05) is 13.6 Å². The topological polar surface area (TPSA) is 72.3 Å². The lowest BCUT2D eigenvalue weighted by Crippen LogP contribution is -2.25. The Morgan fingerprint density at radius 3 is 2.58 bits per heavy atom. The van der Waals surface area contributed by atoms with Gasteiger partial charge in [0.2, 0.25) is 0 Å². The lowest BCUT2D eigenvalue weighted by molar-refractivity contribution is -0.114. The Balaban J connectivity index is 2.65. The van der Waals surface area contributed by atoms with E-state index >= 15 is 0 Å². The molecule has 0 spiro atoms. The number of thioether (sulfide) groups is 1. The highest BCUT2D eigenvalue weighted by atomic mass is 32.2. The van der Waals surface area contributed by atoms with Crippen molar-refractivity contribution in [2.45, 2.75) is 51.3 Å². The van der Waals surface area contributed by atoms with E-state index in [4.69, 9.17) is 11.5 Å². The quantitative estimate of drug-likeness (QED) is 0.671. The minimum Gasteiger partial charge on any atom is -0.365 e. The summed E-state index contributed by atoms with van der Waals surface area (Å²) in [6, 6.07) is 0. The number of amides is 1. The summed E-state index contributed by atoms with van der Waals surface area (Å²) >= 11 is 1.63. The second kappa shape index (κ2) is 7.80. The van der Waals surface area contributed by atoms with E-state index < -0.39 is 0 Å². The maximum absolute atomic E-state index is 11.6. The van der Waals surface area contributed by atoms with E-state index in [1.165, 1.54) is 0 Å². The molecule has 1 aliphatic rings. The summed E-state index contributed by atoms with van der Waals surface area (Å²) in [4.78, 5) is 14.6. The molecule has 0 radical (unpaired) electrons. The van der Waals surface area contributed by atoms with Crippen LogP contribution in [0.1, 0.15) is 46.0 Å². The molecule has 0 aliphatic carbocycles. The highest BCUT2D eigenvalue weighted by molar-refractivity contribution is 8.04. The zero-order chi connectivity index (χ0) is 14.4. The Bertz CT molecular complexity index is 342. The molecule has 19 heavy (non-hydrogen) atoms. The SMILES string of the molecule is CC(C)CC1SC(C(N)=O)=C(CCCCCN)N1C. The number of hydrogen-bond donors (Lipinski definition) is 2. The maximum atomic E-state index is 11.6. The third-order valence-electron chi connectivity index (χ3n) is 3.39. The summed E-state index contributed by atoms with van der Waals surface area (Å²) in [5.41, 5.74) is 12.1. The van der Waals surface area contributed by atoms with Crippen LogP contribution in [0.15, 0.2) is 10.6 Å². The van der Waals surface area contributed by atoms with Gasteiger partial charge in [0.1, 0.15) is 0 Å². The Morgan fingerprint density at radius 2 is 2.05 bits per heavy atom. The Kier molecular flexibility index (Phi) is 6.72. The number of carbonyl (C=O) groups excluding carboxylic acids is 1. The molecule has 0 bridgehead atoms. The van der Waals surface area contributed by atoms with E-state index in [-0.39, 0.29) is 5.91 Å². The fourth-order valence-corrected chi connectivity index (χ4v) is 3.87. The summed E-state index contributed by atoms with van der Waals surface area (Å²) in [6.45, 7) is 5.15. The van der Waals surface area contributed by atoms with Crippen molar-refractivity contribution in [3.05, 3.63) is 10.6 Å². The minimum absolute atomic E-state index is 0.281. The Labute approximate surface area is 121 Å². The standard InChI is InChI=1S/C14H27N3OS/c1-10(2)9-12-17(3)11(7-5-4-6-8-15)13(19-12)14(16)18/h10,12H,4-9,15H2,1-3H3,(H2,16,18). The predicted molar refractivity (Wildman–Crippen MR) is 82.3 cm³/mol. The molecule has 4 N–H and O–H groups in total. The fourth-order valence-electron chi connectivity index (χ4n) is 2.33. The molecule has 1 heterocycles. The maximum Gasteiger partial charge on any atom is 0.256 e. The van der Waals surface area contributed by atoms with E-state index in [1.54, 1.807) is 11.8 Å². The van der Waals surface area contributed by atoms with Gasteiger partial charge < -0.3 is 16.4 Å². The second-order valence-electron chi connectivity index (χ2n) is 5.55. The van der Waals surface area contributed by atoms with Gasteiger partial charge in [-0.05, 0) is 38.1 Å². The third-order valence-corrected chi connectivity index (χ3v) is 4.84. The molecule has 1 amide bonds. The van der Waals surface area contributed by atoms with Crippen molar-refractivity contribution in [2.24, 2.45) is 17.4 Å². The van der Waals surface area contributed by atoms with Gasteiger partial charge in [-0.1, -0.05) is 32.0 Å². The van der Waals surface area contributed by atoms with Crippen molar-refractivity contribution >= 4 is 17.7 Å². The number of allylic oxidation sites excluding steroid dienone is 1. The van der Waals surface area contributed by atoms with E-state index in [1.807, 2.05) is 0 Å². The van der Waals surface area contributed by atoms with Crippen molar-refractivity contribution in [1.29, 1.82) is 0 Å². The number of unbranched alkanes of at least 4 members (excludes halogenated alkanes) is 2. The highest BCUT2D eigenvalue weighted by Crippen LogP contribution is 2.41. The van der Waals surface area contributed by atoms with Gasteiger partial charge in [-0.15, -0.1) is 0 Å². The van der Waals surface area contributed by atoms with Crippen LogP contribution in [-0.4, -0.2) is 29.8 Å². The summed E-state index contributed by atoms with van der Waals surface area (Å²) < 4.78 is 0. The van der Waals surface area contributed by atoms with Gasteiger partial charge in [0.15, 0.2) is 0 Å².